The molecule has 1 aromatic rings. The summed E-state index contributed by atoms with van der Waals surface area (Å²) >= 11 is 0. The van der Waals surface area contributed by atoms with Crippen molar-refractivity contribution >= 4 is 21.9 Å². The van der Waals surface area contributed by atoms with Gasteiger partial charge in [0.1, 0.15) is 5.82 Å². The van der Waals surface area contributed by atoms with Gasteiger partial charge in [0.05, 0.1) is 23.7 Å². The molecule has 1 N–H and O–H groups in total. The Hall–Kier alpha value is -2.04. The molecule has 1 saturated carbocycles. The summed E-state index contributed by atoms with van der Waals surface area (Å²) in [5.41, 5.74) is -0.528. The maximum atomic E-state index is 14.3. The van der Waals surface area contributed by atoms with Crippen molar-refractivity contribution in [3.8, 4) is 0 Å². The zero-order valence-electron chi connectivity index (χ0n) is 17.8. The lowest BCUT2D eigenvalue weighted by Gasteiger charge is -2.30. The second-order valence-electron chi connectivity index (χ2n) is 8.08. The number of carbonyl (C=O) groups excluding carboxylic acids is 2. The number of hydrogen-bond donors (Lipinski definition) is 1. The summed E-state index contributed by atoms with van der Waals surface area (Å²) in [6.07, 6.45) is 2.90. The minimum absolute atomic E-state index is 0.0149. The molecule has 172 valence electrons. The van der Waals surface area contributed by atoms with Crippen LogP contribution in [0.2, 0.25) is 0 Å². The van der Waals surface area contributed by atoms with Crippen molar-refractivity contribution < 1.29 is 31.9 Å². The highest BCUT2D eigenvalue weighted by Gasteiger charge is 2.30. The van der Waals surface area contributed by atoms with Gasteiger partial charge in [0.2, 0.25) is 10.0 Å². The molecule has 8 nitrogen and oxygen atoms in total. The van der Waals surface area contributed by atoms with Crippen LogP contribution in [0, 0.1) is 11.7 Å². The molecule has 3 atom stereocenters. The van der Waals surface area contributed by atoms with E-state index in [0.717, 1.165) is 43.9 Å². The molecule has 1 amide bonds. The number of hydrogen-bond acceptors (Lipinski definition) is 6. The zero-order chi connectivity index (χ0) is 22.6. The Bertz CT molecular complexity index is 916. The quantitative estimate of drug-likeness (QED) is 0.658. The van der Waals surface area contributed by atoms with Gasteiger partial charge in [-0.3, -0.25) is 4.79 Å². The minimum Gasteiger partial charge on any atom is -0.449 e. The van der Waals surface area contributed by atoms with Gasteiger partial charge in [0.25, 0.3) is 5.91 Å². The number of amides is 1. The largest absolute Gasteiger partial charge is 0.449 e. The molecular weight excluding hydrogens is 427 g/mol. The third-order valence-corrected chi connectivity index (χ3v) is 7.75. The van der Waals surface area contributed by atoms with Gasteiger partial charge in [-0.15, -0.1) is 0 Å². The maximum absolute atomic E-state index is 14.3. The topological polar surface area (TPSA) is 102 Å². The van der Waals surface area contributed by atoms with Crippen molar-refractivity contribution in [2.45, 2.75) is 56.6 Å². The van der Waals surface area contributed by atoms with Crippen molar-refractivity contribution in [1.82, 2.24) is 9.62 Å². The first-order chi connectivity index (χ1) is 14.7. The van der Waals surface area contributed by atoms with Crippen molar-refractivity contribution in [1.29, 1.82) is 0 Å². The van der Waals surface area contributed by atoms with Gasteiger partial charge in [-0.2, -0.15) is 4.31 Å². The number of morpholine rings is 1. The Labute approximate surface area is 182 Å². The van der Waals surface area contributed by atoms with Gasteiger partial charge in [-0.1, -0.05) is 19.8 Å². The summed E-state index contributed by atoms with van der Waals surface area (Å²) in [6.45, 7) is 4.36. The molecule has 0 aromatic heterocycles. The van der Waals surface area contributed by atoms with Crippen LogP contribution in [0.1, 0.15) is 49.9 Å². The van der Waals surface area contributed by atoms with Crippen molar-refractivity contribution in [2.75, 3.05) is 26.3 Å². The standard InChI is InChI=1S/C21H29FN2O6S/c1-14-5-3-4-6-19(14)23-20(25)15(2)30-21(26)17-13-16(7-8-18(17)22)31(27,28)24-9-11-29-12-10-24/h7-8,13-15,19H,3-6,9-12H2,1-2H3,(H,23,25)/t14-,15+,19-/m1/s1. The van der Waals surface area contributed by atoms with Gasteiger partial charge < -0.3 is 14.8 Å². The lowest BCUT2D eigenvalue weighted by atomic mass is 9.86. The van der Waals surface area contributed by atoms with Crippen LogP contribution in [-0.2, 0) is 24.3 Å². The predicted molar refractivity (Wildman–Crippen MR) is 110 cm³/mol. The van der Waals surface area contributed by atoms with E-state index in [-0.39, 0.29) is 37.2 Å². The fourth-order valence-corrected chi connectivity index (χ4v) is 5.30. The van der Waals surface area contributed by atoms with E-state index < -0.39 is 39.4 Å². The van der Waals surface area contributed by atoms with Crippen molar-refractivity contribution in [3.05, 3.63) is 29.6 Å². The molecule has 10 heteroatoms. The summed E-state index contributed by atoms with van der Waals surface area (Å²) < 4.78 is 51.4. The number of nitrogens with one attached hydrogen (secondary N) is 1. The average Bonchev–Trinajstić information content (AvgIpc) is 2.76. The van der Waals surface area contributed by atoms with Crippen molar-refractivity contribution in [3.63, 3.8) is 0 Å². The fraction of sp³-hybridized carbons (Fsp3) is 0.619. The molecule has 1 aromatic carbocycles. The Kier molecular flexibility index (Phi) is 7.66. The molecule has 3 rings (SSSR count). The zero-order valence-corrected chi connectivity index (χ0v) is 18.6. The van der Waals surface area contributed by atoms with Gasteiger partial charge in [-0.25, -0.2) is 17.6 Å². The SMILES string of the molecule is C[C@H](OC(=O)c1cc(S(=O)(=O)N2CCOCC2)ccc1F)C(=O)N[C@@H]1CCCC[C@H]1C. The summed E-state index contributed by atoms with van der Waals surface area (Å²) in [6, 6.07) is 2.99. The number of carbonyl (C=O) groups is 2. The van der Waals surface area contributed by atoms with Gasteiger partial charge in [0, 0.05) is 19.1 Å². The molecule has 0 spiro atoms. The predicted octanol–water partition coefficient (Wildman–Crippen LogP) is 2.09. The second kappa shape index (κ2) is 10.1. The van der Waals surface area contributed by atoms with Gasteiger partial charge >= 0.3 is 5.97 Å². The van der Waals surface area contributed by atoms with Crippen LogP contribution in [0.25, 0.3) is 0 Å². The Morgan fingerprint density at radius 3 is 2.58 bits per heavy atom. The Balaban J connectivity index is 1.69. The first-order valence-corrected chi connectivity index (χ1v) is 12.0. The summed E-state index contributed by atoms with van der Waals surface area (Å²) in [7, 11) is -3.91. The van der Waals surface area contributed by atoms with Crippen LogP contribution in [0.15, 0.2) is 23.1 Å². The highest BCUT2D eigenvalue weighted by atomic mass is 32.2. The number of halogens is 1. The Morgan fingerprint density at radius 2 is 1.90 bits per heavy atom. The lowest BCUT2D eigenvalue weighted by Crippen LogP contribution is -2.46. The number of nitrogens with zero attached hydrogens (tertiary/aromatic N) is 1. The molecule has 1 heterocycles. The molecule has 0 unspecified atom stereocenters. The van der Waals surface area contributed by atoms with E-state index in [1.807, 2.05) is 0 Å². The highest BCUT2D eigenvalue weighted by Crippen LogP contribution is 2.24. The van der Waals surface area contributed by atoms with E-state index in [9.17, 15) is 22.4 Å². The van der Waals surface area contributed by atoms with E-state index in [2.05, 4.69) is 12.2 Å². The first-order valence-electron chi connectivity index (χ1n) is 10.6. The maximum Gasteiger partial charge on any atom is 0.341 e. The third kappa shape index (κ3) is 5.61. The number of rotatable bonds is 6. The van der Waals surface area contributed by atoms with E-state index in [1.54, 1.807) is 0 Å². The van der Waals surface area contributed by atoms with E-state index in [1.165, 1.54) is 11.2 Å². The molecule has 2 fully saturated rings. The van der Waals surface area contributed by atoms with Crippen LogP contribution >= 0.6 is 0 Å². The number of benzene rings is 1. The molecule has 1 saturated heterocycles. The number of esters is 1. The third-order valence-electron chi connectivity index (χ3n) is 5.86. The minimum atomic E-state index is -3.91. The van der Waals surface area contributed by atoms with Gasteiger partial charge in [-0.05, 0) is 43.9 Å². The molecule has 1 aliphatic carbocycles. The number of ether oxygens (including phenoxy) is 2. The summed E-state index contributed by atoms with van der Waals surface area (Å²) in [4.78, 5) is 24.8. The van der Waals surface area contributed by atoms with E-state index in [4.69, 9.17) is 9.47 Å². The molecule has 1 aliphatic heterocycles. The van der Waals surface area contributed by atoms with Crippen LogP contribution in [0.5, 0.6) is 0 Å². The summed E-state index contributed by atoms with van der Waals surface area (Å²) in [5.74, 6) is -2.12. The first kappa shape index (κ1) is 23.6. The lowest BCUT2D eigenvalue weighted by molar-refractivity contribution is -0.130. The smallest absolute Gasteiger partial charge is 0.341 e. The molecule has 2 aliphatic rings. The second-order valence-corrected chi connectivity index (χ2v) is 10.0. The summed E-state index contributed by atoms with van der Waals surface area (Å²) in [5, 5.41) is 2.89. The van der Waals surface area contributed by atoms with Gasteiger partial charge in [0.15, 0.2) is 6.10 Å². The highest BCUT2D eigenvalue weighted by molar-refractivity contribution is 7.89. The Morgan fingerprint density at radius 1 is 1.23 bits per heavy atom. The van der Waals surface area contributed by atoms with Crippen LogP contribution in [-0.4, -0.2) is 63.0 Å². The molecular formula is C21H29FN2O6S. The molecule has 0 radical (unpaired) electrons. The monoisotopic (exact) mass is 456 g/mol. The molecule has 31 heavy (non-hydrogen) atoms. The van der Waals surface area contributed by atoms with Crippen molar-refractivity contribution in [2.24, 2.45) is 5.92 Å². The molecule has 0 bridgehead atoms. The van der Waals surface area contributed by atoms with E-state index >= 15 is 0 Å². The normalized spacial score (nSPS) is 23.7. The van der Waals surface area contributed by atoms with Crippen LogP contribution < -0.4 is 5.32 Å². The number of sulfonamides is 1. The average molecular weight is 457 g/mol. The van der Waals surface area contributed by atoms with E-state index in [0.29, 0.717) is 5.92 Å². The fourth-order valence-electron chi connectivity index (χ4n) is 3.87. The van der Waals surface area contributed by atoms with Crippen LogP contribution in [0.4, 0.5) is 4.39 Å². The van der Waals surface area contributed by atoms with Crippen LogP contribution in [0.3, 0.4) is 0 Å².